The summed E-state index contributed by atoms with van der Waals surface area (Å²) in [7, 11) is 0. The molecule has 0 aliphatic carbocycles. The van der Waals surface area contributed by atoms with Gasteiger partial charge in [-0.2, -0.15) is 9.97 Å². The highest BCUT2D eigenvalue weighted by molar-refractivity contribution is 5.50. The maximum Gasteiger partial charge on any atom is 0.320 e. The van der Waals surface area contributed by atoms with Gasteiger partial charge in [-0.1, -0.05) is 0 Å². The van der Waals surface area contributed by atoms with Gasteiger partial charge >= 0.3 is 6.01 Å². The third kappa shape index (κ3) is 4.66. The molecule has 8 nitrogen and oxygen atoms in total. The number of rotatable bonds is 6. The standard InChI is InChI=1S/C15H26N6O2/c16-19-13-12-14(21-4-2-1-3-5-21)18-15(17-13)23-11-8-20-6-9-22-10-7-20/h12H,1-11,16H2,(H,17,18,19). The number of nitrogen functional groups attached to an aromatic ring is 1. The molecule has 23 heavy (non-hydrogen) atoms. The van der Waals surface area contributed by atoms with Crippen LogP contribution in [-0.4, -0.2) is 67.4 Å². The van der Waals surface area contributed by atoms with Gasteiger partial charge in [0.15, 0.2) is 0 Å². The maximum atomic E-state index is 5.76. The molecular weight excluding hydrogens is 296 g/mol. The van der Waals surface area contributed by atoms with Crippen LogP contribution in [-0.2, 0) is 4.74 Å². The monoisotopic (exact) mass is 322 g/mol. The number of aromatic nitrogens is 2. The van der Waals surface area contributed by atoms with Crippen LogP contribution in [0.3, 0.4) is 0 Å². The second-order valence-electron chi connectivity index (χ2n) is 5.89. The van der Waals surface area contributed by atoms with E-state index in [1.165, 1.54) is 19.3 Å². The van der Waals surface area contributed by atoms with E-state index in [9.17, 15) is 0 Å². The Morgan fingerprint density at radius 1 is 1.13 bits per heavy atom. The second-order valence-corrected chi connectivity index (χ2v) is 5.89. The van der Waals surface area contributed by atoms with Crippen molar-refractivity contribution in [2.45, 2.75) is 19.3 Å². The minimum atomic E-state index is 0.384. The lowest BCUT2D eigenvalue weighted by Crippen LogP contribution is -2.38. The van der Waals surface area contributed by atoms with E-state index in [0.717, 1.165) is 51.8 Å². The van der Waals surface area contributed by atoms with E-state index >= 15 is 0 Å². The molecular formula is C15H26N6O2. The molecule has 3 rings (SSSR count). The van der Waals surface area contributed by atoms with Gasteiger partial charge in [-0.25, -0.2) is 5.84 Å². The molecule has 3 N–H and O–H groups in total. The molecule has 0 saturated carbocycles. The molecule has 2 aliphatic rings. The number of piperidine rings is 1. The molecule has 1 aromatic rings. The lowest BCUT2D eigenvalue weighted by Gasteiger charge is -2.28. The Morgan fingerprint density at radius 2 is 1.91 bits per heavy atom. The number of nitrogens with two attached hydrogens (primary N) is 1. The Morgan fingerprint density at radius 3 is 2.65 bits per heavy atom. The molecule has 2 saturated heterocycles. The molecule has 8 heteroatoms. The summed E-state index contributed by atoms with van der Waals surface area (Å²) < 4.78 is 11.1. The number of nitrogens with zero attached hydrogens (tertiary/aromatic N) is 4. The summed E-state index contributed by atoms with van der Waals surface area (Å²) in [5.74, 6) is 6.99. The molecule has 2 fully saturated rings. The molecule has 1 aromatic heterocycles. The zero-order valence-electron chi connectivity index (χ0n) is 13.5. The lowest BCUT2D eigenvalue weighted by atomic mass is 10.1. The van der Waals surface area contributed by atoms with Gasteiger partial charge in [0, 0.05) is 38.8 Å². The highest BCUT2D eigenvalue weighted by Crippen LogP contribution is 2.22. The third-order valence-electron chi connectivity index (χ3n) is 4.26. The van der Waals surface area contributed by atoms with Crippen LogP contribution in [0.1, 0.15) is 19.3 Å². The Labute approximate surface area is 136 Å². The Bertz CT molecular complexity index is 489. The van der Waals surface area contributed by atoms with E-state index in [1.54, 1.807) is 0 Å². The lowest BCUT2D eigenvalue weighted by molar-refractivity contribution is 0.0317. The number of hydrazine groups is 1. The molecule has 3 heterocycles. The van der Waals surface area contributed by atoms with Crippen LogP contribution in [0.5, 0.6) is 6.01 Å². The van der Waals surface area contributed by atoms with Crippen LogP contribution in [0.4, 0.5) is 11.6 Å². The number of hydrogen-bond donors (Lipinski definition) is 2. The van der Waals surface area contributed by atoms with Gasteiger partial charge < -0.3 is 19.8 Å². The summed E-state index contributed by atoms with van der Waals surface area (Å²) >= 11 is 0. The van der Waals surface area contributed by atoms with E-state index in [0.29, 0.717) is 18.4 Å². The van der Waals surface area contributed by atoms with Crippen LogP contribution in [0.15, 0.2) is 6.07 Å². The molecule has 0 unspecified atom stereocenters. The summed E-state index contributed by atoms with van der Waals surface area (Å²) in [5, 5.41) is 0. The minimum absolute atomic E-state index is 0.384. The van der Waals surface area contributed by atoms with Crippen molar-refractivity contribution in [3.05, 3.63) is 6.07 Å². The topological polar surface area (TPSA) is 88.8 Å². The van der Waals surface area contributed by atoms with Crippen LogP contribution in [0, 0.1) is 0 Å². The third-order valence-corrected chi connectivity index (χ3v) is 4.26. The maximum absolute atomic E-state index is 5.76. The summed E-state index contributed by atoms with van der Waals surface area (Å²) in [4.78, 5) is 13.4. The fourth-order valence-electron chi connectivity index (χ4n) is 2.93. The van der Waals surface area contributed by atoms with Crippen molar-refractivity contribution >= 4 is 11.6 Å². The number of hydrogen-bond acceptors (Lipinski definition) is 8. The zero-order valence-corrected chi connectivity index (χ0v) is 13.5. The van der Waals surface area contributed by atoms with Crippen molar-refractivity contribution in [3.8, 4) is 6.01 Å². The summed E-state index contributed by atoms with van der Waals surface area (Å²) in [6, 6.07) is 2.26. The predicted octanol–water partition coefficient (Wildman–Crippen LogP) is 0.464. The molecule has 0 spiro atoms. The van der Waals surface area contributed by atoms with E-state index in [4.69, 9.17) is 15.3 Å². The first-order valence-electron chi connectivity index (χ1n) is 8.39. The fraction of sp³-hybridized carbons (Fsp3) is 0.733. The first-order chi connectivity index (χ1) is 11.3. The van der Waals surface area contributed by atoms with Gasteiger partial charge in [0.05, 0.1) is 13.2 Å². The Hall–Kier alpha value is -1.64. The molecule has 0 bridgehead atoms. The van der Waals surface area contributed by atoms with Crippen molar-refractivity contribution in [2.75, 3.05) is 62.9 Å². The largest absolute Gasteiger partial charge is 0.462 e. The molecule has 128 valence electrons. The summed E-state index contributed by atoms with van der Waals surface area (Å²) in [6.45, 7) is 6.95. The summed E-state index contributed by atoms with van der Waals surface area (Å²) in [5.41, 5.74) is 2.60. The van der Waals surface area contributed by atoms with E-state index in [2.05, 4.69) is 25.2 Å². The van der Waals surface area contributed by atoms with Crippen molar-refractivity contribution in [1.82, 2.24) is 14.9 Å². The molecule has 2 aliphatic heterocycles. The van der Waals surface area contributed by atoms with Gasteiger partial charge in [-0.15, -0.1) is 0 Å². The average Bonchev–Trinajstić information content (AvgIpc) is 2.63. The smallest absolute Gasteiger partial charge is 0.320 e. The predicted molar refractivity (Wildman–Crippen MR) is 88.7 cm³/mol. The summed E-state index contributed by atoms with van der Waals surface area (Å²) in [6.07, 6.45) is 3.68. The Balaban J connectivity index is 1.58. The fourth-order valence-corrected chi connectivity index (χ4v) is 2.93. The van der Waals surface area contributed by atoms with Crippen molar-refractivity contribution < 1.29 is 9.47 Å². The van der Waals surface area contributed by atoms with Crippen molar-refractivity contribution in [2.24, 2.45) is 5.84 Å². The van der Waals surface area contributed by atoms with E-state index in [-0.39, 0.29) is 0 Å². The molecule has 0 radical (unpaired) electrons. The van der Waals surface area contributed by atoms with Crippen LogP contribution >= 0.6 is 0 Å². The van der Waals surface area contributed by atoms with E-state index < -0.39 is 0 Å². The number of morpholine rings is 1. The minimum Gasteiger partial charge on any atom is -0.462 e. The van der Waals surface area contributed by atoms with Crippen LogP contribution in [0.2, 0.25) is 0 Å². The molecule has 0 amide bonds. The number of nitrogens with one attached hydrogen (secondary N) is 1. The Kier molecular flexibility index (Phi) is 5.84. The normalized spacial score (nSPS) is 19.6. The first-order valence-corrected chi connectivity index (χ1v) is 8.39. The van der Waals surface area contributed by atoms with E-state index in [1.807, 2.05) is 6.07 Å². The SMILES string of the molecule is NNc1cc(N2CCCCC2)nc(OCCN2CCOCC2)n1. The van der Waals surface area contributed by atoms with Gasteiger partial charge in [0.2, 0.25) is 0 Å². The number of ether oxygens (including phenoxy) is 2. The van der Waals surface area contributed by atoms with Gasteiger partial charge in [-0.05, 0) is 19.3 Å². The number of anilines is 2. The quantitative estimate of drug-likeness (QED) is 0.577. The van der Waals surface area contributed by atoms with Gasteiger partial charge in [-0.3, -0.25) is 4.90 Å². The zero-order chi connectivity index (χ0) is 15.9. The van der Waals surface area contributed by atoms with Gasteiger partial charge in [0.1, 0.15) is 18.2 Å². The van der Waals surface area contributed by atoms with Crippen molar-refractivity contribution in [1.29, 1.82) is 0 Å². The second kappa shape index (κ2) is 8.28. The van der Waals surface area contributed by atoms with Gasteiger partial charge in [0.25, 0.3) is 0 Å². The highest BCUT2D eigenvalue weighted by Gasteiger charge is 2.15. The van der Waals surface area contributed by atoms with Crippen LogP contribution < -0.4 is 20.9 Å². The first kappa shape index (κ1) is 16.2. The van der Waals surface area contributed by atoms with Crippen LogP contribution in [0.25, 0.3) is 0 Å². The molecule has 0 aromatic carbocycles. The highest BCUT2D eigenvalue weighted by atomic mass is 16.5. The van der Waals surface area contributed by atoms with Crippen molar-refractivity contribution in [3.63, 3.8) is 0 Å². The average molecular weight is 322 g/mol. The molecule has 0 atom stereocenters.